The fourth-order valence-electron chi connectivity index (χ4n) is 2.16. The molecule has 0 saturated carbocycles. The Morgan fingerprint density at radius 2 is 2.16 bits per heavy atom. The summed E-state index contributed by atoms with van der Waals surface area (Å²) in [5.74, 6) is 1.55. The molecular formula is C15H12N4. The van der Waals surface area contributed by atoms with Gasteiger partial charge in [0.25, 0.3) is 0 Å². The first-order valence-electron chi connectivity index (χ1n) is 6.16. The van der Waals surface area contributed by atoms with Crippen LogP contribution in [0.5, 0.6) is 0 Å². The lowest BCUT2D eigenvalue weighted by Crippen LogP contribution is -2.04. The molecule has 0 bridgehead atoms. The Morgan fingerprint density at radius 3 is 2.95 bits per heavy atom. The van der Waals surface area contributed by atoms with E-state index in [1.165, 1.54) is 0 Å². The van der Waals surface area contributed by atoms with Gasteiger partial charge < -0.3 is 0 Å². The number of imidazole rings is 1. The zero-order chi connectivity index (χ0) is 13.2. The van der Waals surface area contributed by atoms with E-state index in [0.717, 1.165) is 23.1 Å². The largest absolute Gasteiger partial charge is 0.287 e. The van der Waals surface area contributed by atoms with Crippen molar-refractivity contribution in [3.8, 4) is 11.9 Å². The summed E-state index contributed by atoms with van der Waals surface area (Å²) in [5.41, 5.74) is 1.44. The molecular weight excluding hydrogens is 236 g/mol. The van der Waals surface area contributed by atoms with E-state index in [0.29, 0.717) is 11.4 Å². The molecule has 0 saturated heterocycles. The lowest BCUT2D eigenvalue weighted by atomic mass is 10.1. The predicted octanol–water partition coefficient (Wildman–Crippen LogP) is 2.85. The highest BCUT2D eigenvalue weighted by atomic mass is 15.1. The van der Waals surface area contributed by atoms with Gasteiger partial charge in [-0.2, -0.15) is 5.26 Å². The van der Waals surface area contributed by atoms with Crippen molar-refractivity contribution >= 4 is 10.9 Å². The molecule has 0 amide bonds. The highest BCUT2D eigenvalue weighted by Crippen LogP contribution is 2.20. The van der Waals surface area contributed by atoms with Crippen molar-refractivity contribution in [1.82, 2.24) is 14.5 Å². The maximum absolute atomic E-state index is 9.32. The summed E-state index contributed by atoms with van der Waals surface area (Å²) in [6, 6.07) is 11.9. The van der Waals surface area contributed by atoms with Crippen LogP contribution in [-0.2, 0) is 6.42 Å². The van der Waals surface area contributed by atoms with Crippen molar-refractivity contribution in [3.05, 3.63) is 54.1 Å². The number of benzene rings is 1. The molecule has 0 unspecified atom stereocenters. The van der Waals surface area contributed by atoms with E-state index in [1.807, 2.05) is 48.0 Å². The summed E-state index contributed by atoms with van der Waals surface area (Å²) in [6.07, 6.45) is 4.38. The summed E-state index contributed by atoms with van der Waals surface area (Å²) in [5, 5.41) is 10.3. The molecule has 1 aromatic carbocycles. The first-order chi connectivity index (χ1) is 9.33. The molecule has 4 nitrogen and oxygen atoms in total. The van der Waals surface area contributed by atoms with Gasteiger partial charge in [-0.1, -0.05) is 25.1 Å². The maximum atomic E-state index is 9.32. The van der Waals surface area contributed by atoms with E-state index < -0.39 is 0 Å². The maximum Gasteiger partial charge on any atom is 0.156 e. The topological polar surface area (TPSA) is 54.5 Å². The molecule has 2 heterocycles. The minimum absolute atomic E-state index is 0.561. The van der Waals surface area contributed by atoms with Crippen molar-refractivity contribution < 1.29 is 0 Å². The van der Waals surface area contributed by atoms with E-state index in [4.69, 9.17) is 0 Å². The third kappa shape index (κ3) is 1.85. The zero-order valence-corrected chi connectivity index (χ0v) is 10.5. The molecule has 4 heteroatoms. The monoisotopic (exact) mass is 248 g/mol. The molecule has 0 spiro atoms. The minimum Gasteiger partial charge on any atom is -0.287 e. The molecule has 19 heavy (non-hydrogen) atoms. The molecule has 3 rings (SSSR count). The third-order valence-electron chi connectivity index (χ3n) is 3.09. The quantitative estimate of drug-likeness (QED) is 0.700. The number of rotatable bonds is 2. The number of pyridine rings is 1. The van der Waals surface area contributed by atoms with Gasteiger partial charge in [-0.05, 0) is 12.1 Å². The van der Waals surface area contributed by atoms with Crippen molar-refractivity contribution in [2.45, 2.75) is 13.3 Å². The minimum atomic E-state index is 0.561. The molecule has 3 aromatic rings. The van der Waals surface area contributed by atoms with Crippen LogP contribution in [-0.4, -0.2) is 14.5 Å². The summed E-state index contributed by atoms with van der Waals surface area (Å²) in [4.78, 5) is 8.88. The van der Waals surface area contributed by atoms with Gasteiger partial charge in [0, 0.05) is 24.2 Å². The Kier molecular flexibility index (Phi) is 2.73. The van der Waals surface area contributed by atoms with E-state index in [9.17, 15) is 5.26 Å². The van der Waals surface area contributed by atoms with Crippen LogP contribution in [0, 0.1) is 11.3 Å². The average Bonchev–Trinajstić information content (AvgIpc) is 2.94. The number of hydrogen-bond acceptors (Lipinski definition) is 3. The number of nitrogens with zero attached hydrogens (tertiary/aromatic N) is 4. The van der Waals surface area contributed by atoms with Crippen LogP contribution in [0.15, 0.2) is 42.7 Å². The molecule has 0 radical (unpaired) electrons. The molecule has 92 valence electrons. The Bertz CT molecular complexity index is 780. The number of hydrogen-bond donors (Lipinski definition) is 0. The van der Waals surface area contributed by atoms with Gasteiger partial charge in [-0.15, -0.1) is 0 Å². The molecule has 0 aliphatic carbocycles. The van der Waals surface area contributed by atoms with E-state index in [1.54, 1.807) is 6.20 Å². The van der Waals surface area contributed by atoms with E-state index in [2.05, 4.69) is 16.0 Å². The number of aromatic nitrogens is 3. The van der Waals surface area contributed by atoms with Crippen LogP contribution < -0.4 is 0 Å². The molecule has 0 aliphatic rings. The van der Waals surface area contributed by atoms with Gasteiger partial charge in [0.2, 0.25) is 0 Å². The number of fused-ring (bicyclic) bond motifs is 1. The van der Waals surface area contributed by atoms with Gasteiger partial charge in [0.05, 0.1) is 11.1 Å². The van der Waals surface area contributed by atoms with Crippen molar-refractivity contribution in [2.75, 3.05) is 0 Å². The van der Waals surface area contributed by atoms with Crippen LogP contribution in [0.3, 0.4) is 0 Å². The van der Waals surface area contributed by atoms with Crippen molar-refractivity contribution in [2.24, 2.45) is 0 Å². The molecule has 0 fully saturated rings. The van der Waals surface area contributed by atoms with Crippen LogP contribution in [0.25, 0.3) is 16.7 Å². The summed E-state index contributed by atoms with van der Waals surface area (Å²) in [6.45, 7) is 2.03. The number of para-hydroxylation sites is 1. The Morgan fingerprint density at radius 1 is 1.32 bits per heavy atom. The van der Waals surface area contributed by atoms with Crippen molar-refractivity contribution in [3.63, 3.8) is 0 Å². The van der Waals surface area contributed by atoms with Gasteiger partial charge in [-0.25, -0.2) is 9.97 Å². The average molecular weight is 248 g/mol. The lowest BCUT2D eigenvalue weighted by molar-refractivity contribution is 0.869. The smallest absolute Gasteiger partial charge is 0.156 e. The zero-order valence-electron chi connectivity index (χ0n) is 10.5. The molecule has 0 N–H and O–H groups in total. The molecule has 0 aliphatic heterocycles. The summed E-state index contributed by atoms with van der Waals surface area (Å²) >= 11 is 0. The highest BCUT2D eigenvalue weighted by molar-refractivity contribution is 5.81. The Labute approximate surface area is 111 Å². The van der Waals surface area contributed by atoms with E-state index in [-0.39, 0.29) is 0 Å². The fraction of sp³-hybridized carbons (Fsp3) is 0.133. The first-order valence-corrected chi connectivity index (χ1v) is 6.16. The van der Waals surface area contributed by atoms with Crippen LogP contribution >= 0.6 is 0 Å². The second-order valence-corrected chi connectivity index (χ2v) is 4.23. The van der Waals surface area contributed by atoms with Crippen LogP contribution in [0.4, 0.5) is 0 Å². The molecule has 2 aromatic heterocycles. The van der Waals surface area contributed by atoms with Crippen LogP contribution in [0.2, 0.25) is 0 Å². The van der Waals surface area contributed by atoms with Gasteiger partial charge in [-0.3, -0.25) is 4.57 Å². The Hall–Kier alpha value is -2.67. The highest BCUT2D eigenvalue weighted by Gasteiger charge is 2.11. The second-order valence-electron chi connectivity index (χ2n) is 4.23. The summed E-state index contributed by atoms with van der Waals surface area (Å²) in [7, 11) is 0. The number of nitriles is 1. The standard InChI is InChI=1S/C15H12N4/c1-2-14-17-7-8-19(14)15-12(10-16)9-11-5-3-4-6-13(11)18-15/h3-9H,2H2,1H3. The summed E-state index contributed by atoms with van der Waals surface area (Å²) < 4.78 is 1.88. The SMILES string of the molecule is CCc1nccn1-c1nc2ccccc2cc1C#N. The van der Waals surface area contributed by atoms with Crippen molar-refractivity contribution in [1.29, 1.82) is 5.26 Å². The van der Waals surface area contributed by atoms with Gasteiger partial charge in [0.1, 0.15) is 11.9 Å². The van der Waals surface area contributed by atoms with Crippen LogP contribution in [0.1, 0.15) is 18.3 Å². The first kappa shape index (κ1) is 11.4. The Balaban J connectivity index is 2.31. The van der Waals surface area contributed by atoms with E-state index >= 15 is 0 Å². The normalized spacial score (nSPS) is 10.5. The van der Waals surface area contributed by atoms with Gasteiger partial charge in [0.15, 0.2) is 5.82 Å². The third-order valence-corrected chi connectivity index (χ3v) is 3.09. The predicted molar refractivity (Wildman–Crippen MR) is 73.0 cm³/mol. The lowest BCUT2D eigenvalue weighted by Gasteiger charge is -2.09. The second kappa shape index (κ2) is 4.54. The van der Waals surface area contributed by atoms with Gasteiger partial charge >= 0.3 is 0 Å². The molecule has 0 atom stereocenters. The fourth-order valence-corrected chi connectivity index (χ4v) is 2.16. The number of aryl methyl sites for hydroxylation is 1.